The number of alkyl halides is 1. The number of likely N-dealkylation sites (tertiary alicyclic amines) is 1. The zero-order valence-electron chi connectivity index (χ0n) is 29.8. The van der Waals surface area contributed by atoms with Crippen molar-refractivity contribution in [3.63, 3.8) is 0 Å². The molecule has 1 aromatic carbocycles. The van der Waals surface area contributed by atoms with Crippen molar-refractivity contribution in [3.05, 3.63) is 61.2 Å². The number of carbonyl (C=O) groups excluding carboxylic acids is 4. The van der Waals surface area contributed by atoms with Gasteiger partial charge in [0.05, 0.1) is 43.2 Å². The Hall–Kier alpha value is -3.06. The summed E-state index contributed by atoms with van der Waals surface area (Å²) in [7, 11) is 1.50. The van der Waals surface area contributed by atoms with E-state index in [2.05, 4.69) is 41.3 Å². The van der Waals surface area contributed by atoms with E-state index in [0.717, 1.165) is 19.3 Å². The lowest BCUT2D eigenvalue weighted by Crippen LogP contribution is -2.60. The molecule has 2 N–H and O–H groups in total. The second-order valence-electron chi connectivity index (χ2n) is 13.9. The van der Waals surface area contributed by atoms with Gasteiger partial charge in [-0.15, -0.1) is 13.2 Å². The number of hydrogen-bond acceptors (Lipinski definition) is 8. The molecule has 3 aliphatic heterocycles. The number of esters is 1. The largest absolute Gasteiger partial charge is 0.455 e. The average molecular weight is 761 g/mol. The molecule has 9 atom stereocenters. The minimum atomic E-state index is -1.32. The van der Waals surface area contributed by atoms with Crippen molar-refractivity contribution in [3.8, 4) is 0 Å². The Labute approximate surface area is 304 Å². The maximum atomic E-state index is 14.7. The zero-order valence-corrected chi connectivity index (χ0v) is 31.4. The number of halogens is 1. The zero-order chi connectivity index (χ0) is 36.6. The first-order valence-corrected chi connectivity index (χ1v) is 18.7. The van der Waals surface area contributed by atoms with Crippen LogP contribution in [-0.2, 0) is 33.4 Å². The number of unbranched alkanes of at least 4 members (excludes halogenated alkanes) is 2. The fourth-order valence-corrected chi connectivity index (χ4v) is 8.83. The smallest absolute Gasteiger partial charge is 0.313 e. The Morgan fingerprint density at radius 1 is 1.20 bits per heavy atom. The summed E-state index contributed by atoms with van der Waals surface area (Å²) >= 11 is 3.74. The van der Waals surface area contributed by atoms with Gasteiger partial charge in [-0.3, -0.25) is 19.2 Å². The number of allylic oxidation sites excluding steroid dienone is 1. The first-order chi connectivity index (χ1) is 24.0. The van der Waals surface area contributed by atoms with Crippen molar-refractivity contribution < 1.29 is 38.5 Å². The lowest BCUT2D eigenvalue weighted by molar-refractivity contribution is -0.163. The lowest BCUT2D eigenvalue weighted by Gasteiger charge is -2.40. The van der Waals surface area contributed by atoms with Crippen LogP contribution in [0.4, 0.5) is 0 Å². The molecule has 1 aromatic rings. The molecular weight excluding hydrogens is 706 g/mol. The Balaban J connectivity index is 1.75. The minimum Gasteiger partial charge on any atom is -0.455 e. The summed E-state index contributed by atoms with van der Waals surface area (Å²) in [6.45, 7) is 13.9. The van der Waals surface area contributed by atoms with Crippen LogP contribution in [0.5, 0.6) is 0 Å². The number of benzene rings is 1. The summed E-state index contributed by atoms with van der Waals surface area (Å²) in [4.78, 5) is 59.7. The van der Waals surface area contributed by atoms with E-state index in [9.17, 15) is 24.3 Å². The van der Waals surface area contributed by atoms with Crippen molar-refractivity contribution >= 4 is 39.6 Å². The third-order valence-electron chi connectivity index (χ3n) is 10.2. The number of nitrogens with one attached hydrogen (secondary N) is 1. The fourth-order valence-electron chi connectivity index (χ4n) is 7.89. The van der Waals surface area contributed by atoms with Crippen LogP contribution in [0.25, 0.3) is 0 Å². The van der Waals surface area contributed by atoms with E-state index in [1.165, 1.54) is 12.0 Å². The highest BCUT2D eigenvalue weighted by Crippen LogP contribution is 2.61. The van der Waals surface area contributed by atoms with Gasteiger partial charge in [0.25, 0.3) is 0 Å². The summed E-state index contributed by atoms with van der Waals surface area (Å²) in [5.41, 5.74) is -0.684. The SMILES string of the molecule is C=CCCC(=O)N[C@@H](COC)[C@@H](OC(=O)[C@@H]1[C@H]2O[C@@]3(CC2Br)[C@H](C(=O)N(CC=C)CCCCC)N([C@@H](CO)C(C)C)C(=O)[C@@H]13)c1ccccc1. The average Bonchev–Trinajstić information content (AvgIpc) is 3.69. The highest BCUT2D eigenvalue weighted by molar-refractivity contribution is 9.09. The van der Waals surface area contributed by atoms with Crippen LogP contribution in [-0.4, -0.2) is 107 Å². The molecule has 3 fully saturated rings. The maximum Gasteiger partial charge on any atom is 0.313 e. The van der Waals surface area contributed by atoms with Crippen LogP contribution in [0.3, 0.4) is 0 Å². The molecule has 276 valence electrons. The van der Waals surface area contributed by atoms with E-state index in [1.54, 1.807) is 29.2 Å². The molecule has 12 heteroatoms. The van der Waals surface area contributed by atoms with Gasteiger partial charge >= 0.3 is 5.97 Å². The van der Waals surface area contributed by atoms with Gasteiger partial charge < -0.3 is 34.4 Å². The second-order valence-corrected chi connectivity index (χ2v) is 15.1. The van der Waals surface area contributed by atoms with Crippen LogP contribution >= 0.6 is 15.9 Å². The Bertz CT molecular complexity index is 1360. The highest BCUT2D eigenvalue weighted by atomic mass is 79.9. The van der Waals surface area contributed by atoms with E-state index in [0.29, 0.717) is 24.9 Å². The minimum absolute atomic E-state index is 0.0543. The van der Waals surface area contributed by atoms with E-state index in [1.807, 2.05) is 32.0 Å². The summed E-state index contributed by atoms with van der Waals surface area (Å²) in [5, 5.41) is 13.6. The molecule has 50 heavy (non-hydrogen) atoms. The molecule has 4 rings (SSSR count). The van der Waals surface area contributed by atoms with E-state index >= 15 is 0 Å². The predicted octanol–water partition coefficient (Wildman–Crippen LogP) is 4.34. The van der Waals surface area contributed by atoms with Gasteiger partial charge in [-0.2, -0.15) is 0 Å². The van der Waals surface area contributed by atoms with Crippen molar-refractivity contribution in [2.45, 2.75) is 100 Å². The van der Waals surface area contributed by atoms with Crippen molar-refractivity contribution in [2.24, 2.45) is 17.8 Å². The van der Waals surface area contributed by atoms with Gasteiger partial charge in [-0.1, -0.05) is 92.0 Å². The van der Waals surface area contributed by atoms with Crippen molar-refractivity contribution in [1.82, 2.24) is 15.1 Å². The number of nitrogens with zero attached hydrogens (tertiary/aromatic N) is 2. The Kier molecular flexibility index (Phi) is 14.2. The fraction of sp³-hybridized carbons (Fsp3) is 0.632. The Morgan fingerprint density at radius 3 is 2.52 bits per heavy atom. The molecule has 2 bridgehead atoms. The number of aliphatic hydroxyl groups is 1. The molecule has 0 radical (unpaired) electrons. The van der Waals surface area contributed by atoms with Crippen molar-refractivity contribution in [1.29, 1.82) is 0 Å². The first kappa shape index (κ1) is 39.7. The van der Waals surface area contributed by atoms with Crippen LogP contribution in [0.15, 0.2) is 55.6 Å². The third-order valence-corrected chi connectivity index (χ3v) is 11.1. The number of carbonyl (C=O) groups is 4. The number of fused-ring (bicyclic) bond motifs is 1. The summed E-state index contributed by atoms with van der Waals surface area (Å²) in [6, 6.07) is 6.61. The molecule has 11 nitrogen and oxygen atoms in total. The molecule has 0 aliphatic carbocycles. The number of aliphatic hydroxyl groups excluding tert-OH is 1. The number of methoxy groups -OCH3 is 1. The van der Waals surface area contributed by atoms with Gasteiger partial charge in [0.15, 0.2) is 0 Å². The number of amides is 3. The van der Waals surface area contributed by atoms with Gasteiger partial charge in [-0.25, -0.2) is 0 Å². The van der Waals surface area contributed by atoms with Gasteiger partial charge in [0.1, 0.15) is 17.7 Å². The van der Waals surface area contributed by atoms with Crippen LogP contribution < -0.4 is 5.32 Å². The molecule has 1 spiro atoms. The predicted molar refractivity (Wildman–Crippen MR) is 193 cm³/mol. The summed E-state index contributed by atoms with van der Waals surface area (Å²) < 4.78 is 18.5. The molecule has 0 aromatic heterocycles. The molecule has 3 aliphatic rings. The Morgan fingerprint density at radius 2 is 1.92 bits per heavy atom. The van der Waals surface area contributed by atoms with Crippen LogP contribution in [0.1, 0.15) is 71.0 Å². The normalized spacial score (nSPS) is 27.1. The molecule has 3 saturated heterocycles. The molecule has 0 saturated carbocycles. The topological polar surface area (TPSA) is 135 Å². The van der Waals surface area contributed by atoms with Crippen LogP contribution in [0.2, 0.25) is 0 Å². The molecule has 3 amide bonds. The summed E-state index contributed by atoms with van der Waals surface area (Å²) in [6.07, 6.45) is 5.34. The van der Waals surface area contributed by atoms with E-state index < -0.39 is 59.6 Å². The quantitative estimate of drug-likeness (QED) is 0.0869. The number of rotatable bonds is 20. The first-order valence-electron chi connectivity index (χ1n) is 17.8. The number of hydrogen-bond donors (Lipinski definition) is 2. The third kappa shape index (κ3) is 8.03. The van der Waals surface area contributed by atoms with Gasteiger partial charge in [0.2, 0.25) is 17.7 Å². The highest BCUT2D eigenvalue weighted by Gasteiger charge is 2.77. The van der Waals surface area contributed by atoms with Gasteiger partial charge in [-0.05, 0) is 30.7 Å². The second kappa shape index (κ2) is 17.9. The maximum absolute atomic E-state index is 14.7. The van der Waals surface area contributed by atoms with E-state index in [-0.39, 0.29) is 48.7 Å². The summed E-state index contributed by atoms with van der Waals surface area (Å²) in [5.74, 6) is -3.86. The number of ether oxygens (including phenoxy) is 3. The standard InChI is InChI=1S/C38H54BrN3O8/c1-7-10-15-20-41(19-9-3)36(46)34-38-21-26(39)33(50-38)30(31(38)35(45)42(34)28(22-43)24(4)5)37(47)49-32(25-16-13-12-14-17-25)27(23-48-6)40-29(44)18-11-8-2/h8-9,12-14,16-17,24,26-28,30-34,43H,2-3,7,10-11,15,18-23H2,1,4-6H3,(H,40,44)/t26?,27-,28-,30-,31+,32-,33-,34-,38+/m0/s1. The lowest BCUT2D eigenvalue weighted by atomic mass is 9.70. The molecule has 1 unspecified atom stereocenters. The van der Waals surface area contributed by atoms with Crippen molar-refractivity contribution in [2.75, 3.05) is 33.4 Å². The molecular formula is C38H54BrN3O8. The van der Waals surface area contributed by atoms with Crippen LogP contribution in [0, 0.1) is 17.8 Å². The molecule has 3 heterocycles. The monoisotopic (exact) mass is 759 g/mol. The van der Waals surface area contributed by atoms with E-state index in [4.69, 9.17) is 14.2 Å². The van der Waals surface area contributed by atoms with Gasteiger partial charge in [0, 0.05) is 31.4 Å².